The highest BCUT2D eigenvalue weighted by molar-refractivity contribution is 6.14. The Morgan fingerprint density at radius 1 is 0.559 bits per heavy atom. The van der Waals surface area contributed by atoms with E-state index in [1.54, 1.807) is 60.7 Å². The van der Waals surface area contributed by atoms with Crippen LogP contribution in [0.15, 0.2) is 103 Å². The molecule has 0 unspecified atom stereocenters. The van der Waals surface area contributed by atoms with E-state index < -0.39 is 11.9 Å². The van der Waals surface area contributed by atoms with E-state index in [1.165, 1.54) is 7.11 Å². The summed E-state index contributed by atoms with van der Waals surface area (Å²) < 4.78 is 4.78. The van der Waals surface area contributed by atoms with Gasteiger partial charge in [0, 0.05) is 5.56 Å². The Morgan fingerprint density at radius 3 is 1.71 bits per heavy atom. The van der Waals surface area contributed by atoms with Crippen LogP contribution in [-0.2, 0) is 4.74 Å². The molecule has 0 spiro atoms. The average Bonchev–Trinajstić information content (AvgIpc) is 2.89. The number of hydrogen-bond acceptors (Lipinski definition) is 4. The molecule has 168 valence electrons. The molecule has 2 N–H and O–H groups in total. The highest BCUT2D eigenvalue weighted by Gasteiger charge is 2.17. The lowest BCUT2D eigenvalue weighted by Gasteiger charge is -2.13. The quantitative estimate of drug-likeness (QED) is 0.372. The second-order valence-corrected chi connectivity index (χ2v) is 7.43. The van der Waals surface area contributed by atoms with Gasteiger partial charge in [-0.05, 0) is 47.5 Å². The van der Waals surface area contributed by atoms with Gasteiger partial charge in [-0.15, -0.1) is 0 Å². The van der Waals surface area contributed by atoms with Gasteiger partial charge in [-0.3, -0.25) is 9.59 Å². The molecule has 0 radical (unpaired) electrons. The van der Waals surface area contributed by atoms with Crippen molar-refractivity contribution < 1.29 is 19.1 Å². The summed E-state index contributed by atoms with van der Waals surface area (Å²) in [6.07, 6.45) is 0. The normalized spacial score (nSPS) is 10.3. The van der Waals surface area contributed by atoms with Crippen molar-refractivity contribution in [3.63, 3.8) is 0 Å². The van der Waals surface area contributed by atoms with E-state index in [-0.39, 0.29) is 17.0 Å². The maximum absolute atomic E-state index is 13.0. The van der Waals surface area contributed by atoms with Crippen LogP contribution in [0.5, 0.6) is 0 Å². The number of methoxy groups -OCH3 is 1. The molecule has 0 bridgehead atoms. The van der Waals surface area contributed by atoms with Gasteiger partial charge in [-0.1, -0.05) is 66.7 Å². The van der Waals surface area contributed by atoms with Crippen molar-refractivity contribution in [3.8, 4) is 11.1 Å². The lowest BCUT2D eigenvalue weighted by molar-refractivity contribution is 0.0601. The predicted molar refractivity (Wildman–Crippen MR) is 132 cm³/mol. The summed E-state index contributed by atoms with van der Waals surface area (Å²) in [5.41, 5.74) is 3.69. The van der Waals surface area contributed by atoms with Crippen molar-refractivity contribution in [2.24, 2.45) is 0 Å². The molecule has 0 aromatic heterocycles. The van der Waals surface area contributed by atoms with Gasteiger partial charge in [0.25, 0.3) is 11.8 Å². The Hall–Kier alpha value is -4.71. The summed E-state index contributed by atoms with van der Waals surface area (Å²) in [7, 11) is 1.28. The summed E-state index contributed by atoms with van der Waals surface area (Å²) in [6, 6.07) is 30.4. The van der Waals surface area contributed by atoms with Crippen molar-refractivity contribution in [1.29, 1.82) is 0 Å². The van der Waals surface area contributed by atoms with Crippen LogP contribution in [0.25, 0.3) is 11.1 Å². The lowest BCUT2D eigenvalue weighted by atomic mass is 10.0. The number of para-hydroxylation sites is 2. The number of esters is 1. The lowest BCUT2D eigenvalue weighted by Crippen LogP contribution is -2.19. The molecular weight excluding hydrogens is 428 g/mol. The van der Waals surface area contributed by atoms with Gasteiger partial charge in [0.1, 0.15) is 0 Å². The first-order chi connectivity index (χ1) is 16.6. The zero-order valence-electron chi connectivity index (χ0n) is 18.4. The van der Waals surface area contributed by atoms with Crippen LogP contribution in [0.1, 0.15) is 31.1 Å². The molecule has 6 heteroatoms. The van der Waals surface area contributed by atoms with Gasteiger partial charge in [0.2, 0.25) is 0 Å². The summed E-state index contributed by atoms with van der Waals surface area (Å²) in [5, 5.41) is 5.54. The van der Waals surface area contributed by atoms with Crippen LogP contribution >= 0.6 is 0 Å². The summed E-state index contributed by atoms with van der Waals surface area (Å²) in [4.78, 5) is 37.9. The van der Waals surface area contributed by atoms with Crippen LogP contribution in [0, 0.1) is 0 Å². The average molecular weight is 450 g/mol. The van der Waals surface area contributed by atoms with Crippen LogP contribution in [0.4, 0.5) is 11.4 Å². The number of nitrogens with one attached hydrogen (secondary N) is 2. The third kappa shape index (κ3) is 5.02. The van der Waals surface area contributed by atoms with Gasteiger partial charge >= 0.3 is 5.97 Å². The smallest absolute Gasteiger partial charge is 0.339 e. The third-order valence-corrected chi connectivity index (χ3v) is 5.25. The Labute approximate surface area is 197 Å². The molecule has 4 aromatic rings. The Bertz CT molecular complexity index is 1330. The van der Waals surface area contributed by atoms with Gasteiger partial charge in [0.15, 0.2) is 0 Å². The number of ether oxygens (including phenoxy) is 1. The number of anilines is 2. The molecule has 4 aromatic carbocycles. The summed E-state index contributed by atoms with van der Waals surface area (Å²) >= 11 is 0. The highest BCUT2D eigenvalue weighted by Crippen LogP contribution is 2.23. The van der Waals surface area contributed by atoms with Crippen molar-refractivity contribution in [1.82, 2.24) is 0 Å². The fourth-order valence-corrected chi connectivity index (χ4v) is 3.50. The van der Waals surface area contributed by atoms with Crippen LogP contribution in [0.2, 0.25) is 0 Å². The van der Waals surface area contributed by atoms with Crippen molar-refractivity contribution >= 4 is 29.2 Å². The molecule has 0 fully saturated rings. The Kier molecular flexibility index (Phi) is 6.79. The van der Waals surface area contributed by atoms with Crippen LogP contribution in [-0.4, -0.2) is 24.9 Å². The van der Waals surface area contributed by atoms with Gasteiger partial charge in [0.05, 0.1) is 29.6 Å². The Balaban J connectivity index is 1.52. The van der Waals surface area contributed by atoms with Gasteiger partial charge in [-0.25, -0.2) is 4.79 Å². The second-order valence-electron chi connectivity index (χ2n) is 7.43. The minimum absolute atomic E-state index is 0.235. The van der Waals surface area contributed by atoms with Crippen molar-refractivity contribution in [2.75, 3.05) is 17.7 Å². The largest absolute Gasteiger partial charge is 0.465 e. The molecule has 0 aliphatic heterocycles. The van der Waals surface area contributed by atoms with E-state index in [1.807, 2.05) is 42.5 Å². The number of benzene rings is 4. The van der Waals surface area contributed by atoms with Crippen molar-refractivity contribution in [2.45, 2.75) is 0 Å². The number of carbonyl (C=O) groups is 3. The number of rotatable bonds is 6. The summed E-state index contributed by atoms with van der Waals surface area (Å²) in [5.74, 6) is -1.36. The number of amides is 2. The zero-order valence-corrected chi connectivity index (χ0v) is 18.4. The fraction of sp³-hybridized carbons (Fsp3) is 0.0357. The monoisotopic (exact) mass is 450 g/mol. The van der Waals surface area contributed by atoms with Gasteiger partial charge < -0.3 is 15.4 Å². The molecule has 0 aliphatic carbocycles. The van der Waals surface area contributed by atoms with E-state index in [0.29, 0.717) is 16.9 Å². The second kappa shape index (κ2) is 10.3. The van der Waals surface area contributed by atoms with Crippen molar-refractivity contribution in [3.05, 3.63) is 120 Å². The first-order valence-corrected chi connectivity index (χ1v) is 10.6. The Morgan fingerprint density at radius 2 is 1.06 bits per heavy atom. The first-order valence-electron chi connectivity index (χ1n) is 10.6. The molecule has 34 heavy (non-hydrogen) atoms. The molecule has 0 atom stereocenters. The molecule has 4 rings (SSSR count). The standard InChI is InChI=1S/C28H22N2O4/c1-34-28(33)23-12-6-8-14-25(23)30-27(32)22-11-5-7-13-24(22)29-26(31)21-17-15-20(16-18-21)19-9-3-2-4-10-19/h2-18H,1H3,(H,29,31)(H,30,32). The molecular formula is C28H22N2O4. The molecule has 0 saturated carbocycles. The zero-order chi connectivity index (χ0) is 23.9. The molecule has 6 nitrogen and oxygen atoms in total. The number of hydrogen-bond donors (Lipinski definition) is 2. The fourth-order valence-electron chi connectivity index (χ4n) is 3.50. The SMILES string of the molecule is COC(=O)c1ccccc1NC(=O)c1ccccc1NC(=O)c1ccc(-c2ccccc2)cc1. The molecule has 0 heterocycles. The third-order valence-electron chi connectivity index (χ3n) is 5.25. The van der Waals surface area contributed by atoms with Gasteiger partial charge in [-0.2, -0.15) is 0 Å². The first kappa shape index (κ1) is 22.5. The predicted octanol–water partition coefficient (Wildman–Crippen LogP) is 5.64. The molecule has 2 amide bonds. The molecule has 0 saturated heterocycles. The topological polar surface area (TPSA) is 84.5 Å². The maximum atomic E-state index is 13.0. The highest BCUT2D eigenvalue weighted by atomic mass is 16.5. The van der Waals surface area contributed by atoms with Crippen LogP contribution < -0.4 is 10.6 Å². The minimum Gasteiger partial charge on any atom is -0.465 e. The van der Waals surface area contributed by atoms with E-state index in [2.05, 4.69) is 10.6 Å². The molecule has 0 aliphatic rings. The van der Waals surface area contributed by atoms with E-state index in [4.69, 9.17) is 4.74 Å². The minimum atomic E-state index is -0.559. The maximum Gasteiger partial charge on any atom is 0.339 e. The van der Waals surface area contributed by atoms with E-state index in [9.17, 15) is 14.4 Å². The van der Waals surface area contributed by atoms with Crippen LogP contribution in [0.3, 0.4) is 0 Å². The summed E-state index contributed by atoms with van der Waals surface area (Å²) in [6.45, 7) is 0. The number of carbonyl (C=O) groups excluding carboxylic acids is 3. The van der Waals surface area contributed by atoms with E-state index >= 15 is 0 Å². The van der Waals surface area contributed by atoms with E-state index in [0.717, 1.165) is 11.1 Å².